The number of anilines is 2. The number of esters is 1. The van der Waals surface area contributed by atoms with Gasteiger partial charge in [0.2, 0.25) is 0 Å². The Labute approximate surface area is 167 Å². The molecule has 0 aliphatic rings. The summed E-state index contributed by atoms with van der Waals surface area (Å²) >= 11 is 0. The van der Waals surface area contributed by atoms with Gasteiger partial charge >= 0.3 is 5.97 Å². The first-order valence-corrected chi connectivity index (χ1v) is 8.96. The van der Waals surface area contributed by atoms with Crippen molar-refractivity contribution < 1.29 is 23.5 Å². The average molecular weight is 392 g/mol. The monoisotopic (exact) mass is 392 g/mol. The molecule has 1 aromatic heterocycles. The van der Waals surface area contributed by atoms with Crippen molar-refractivity contribution in [3.05, 3.63) is 83.8 Å². The number of carbonyl (C=O) groups is 3. The highest BCUT2D eigenvalue weighted by molar-refractivity contribution is 6.03. The van der Waals surface area contributed by atoms with Crippen molar-refractivity contribution in [3.63, 3.8) is 0 Å². The highest BCUT2D eigenvalue weighted by atomic mass is 16.5. The number of amides is 2. The Kier molecular flexibility index (Phi) is 6.09. The van der Waals surface area contributed by atoms with Crippen LogP contribution in [0.25, 0.3) is 0 Å². The van der Waals surface area contributed by atoms with Crippen LogP contribution in [-0.4, -0.2) is 23.9 Å². The first-order valence-electron chi connectivity index (χ1n) is 8.96. The average Bonchev–Trinajstić information content (AvgIpc) is 3.25. The minimum atomic E-state index is -0.995. The number of furan rings is 1. The molecular weight excluding hydrogens is 372 g/mol. The number of aryl methyl sites for hydroxylation is 1. The molecule has 1 heterocycles. The van der Waals surface area contributed by atoms with E-state index in [0.29, 0.717) is 11.4 Å². The van der Waals surface area contributed by atoms with Gasteiger partial charge in [-0.3, -0.25) is 9.59 Å². The van der Waals surface area contributed by atoms with E-state index in [4.69, 9.17) is 9.15 Å². The lowest BCUT2D eigenvalue weighted by Crippen LogP contribution is -2.30. The van der Waals surface area contributed by atoms with Crippen LogP contribution in [-0.2, 0) is 9.53 Å². The highest BCUT2D eigenvalue weighted by Gasteiger charge is 2.20. The predicted octanol–water partition coefficient (Wildman–Crippen LogP) is 4.02. The molecule has 29 heavy (non-hydrogen) atoms. The van der Waals surface area contributed by atoms with Crippen molar-refractivity contribution in [2.75, 3.05) is 10.6 Å². The Hall–Kier alpha value is -3.87. The normalized spacial score (nSPS) is 11.4. The number of nitrogens with one attached hydrogen (secondary N) is 2. The van der Waals surface area contributed by atoms with Crippen LogP contribution in [0.4, 0.5) is 11.4 Å². The SMILES string of the molecule is Cc1ccc(C(=O)OC(C)C(=O)Nc2ccccc2)cc1NC(=O)c1ccco1. The maximum absolute atomic E-state index is 12.5. The number of ether oxygens (including phenoxy) is 1. The fourth-order valence-corrected chi connectivity index (χ4v) is 2.52. The summed E-state index contributed by atoms with van der Waals surface area (Å²) in [5.74, 6) is -1.39. The molecule has 0 fully saturated rings. The van der Waals surface area contributed by atoms with Gasteiger partial charge in [0.15, 0.2) is 11.9 Å². The van der Waals surface area contributed by atoms with Crippen LogP contribution in [0.15, 0.2) is 71.3 Å². The molecule has 7 nitrogen and oxygen atoms in total. The topological polar surface area (TPSA) is 97.6 Å². The molecule has 148 valence electrons. The Morgan fingerprint density at radius 1 is 0.966 bits per heavy atom. The standard InChI is InChI=1S/C22H20N2O5/c1-14-10-11-16(13-18(14)24-21(26)19-9-6-12-28-19)22(27)29-15(2)20(25)23-17-7-4-3-5-8-17/h3-13,15H,1-2H3,(H,23,25)(H,24,26). The van der Waals surface area contributed by atoms with Gasteiger partial charge in [-0.25, -0.2) is 4.79 Å². The Bertz CT molecular complexity index is 1010. The predicted molar refractivity (Wildman–Crippen MR) is 108 cm³/mol. The summed E-state index contributed by atoms with van der Waals surface area (Å²) in [5.41, 5.74) is 2.03. The third kappa shape index (κ3) is 5.10. The summed E-state index contributed by atoms with van der Waals surface area (Å²) in [6.07, 6.45) is 0.405. The fourth-order valence-electron chi connectivity index (χ4n) is 2.52. The molecule has 2 amide bonds. The second-order valence-electron chi connectivity index (χ2n) is 6.36. The second kappa shape index (κ2) is 8.88. The molecule has 1 atom stereocenters. The van der Waals surface area contributed by atoms with E-state index in [9.17, 15) is 14.4 Å². The molecule has 2 aromatic carbocycles. The number of hydrogen-bond acceptors (Lipinski definition) is 5. The van der Waals surface area contributed by atoms with Gasteiger partial charge in [0, 0.05) is 11.4 Å². The van der Waals surface area contributed by atoms with E-state index < -0.39 is 23.9 Å². The van der Waals surface area contributed by atoms with Gasteiger partial charge in [0.1, 0.15) is 0 Å². The van der Waals surface area contributed by atoms with E-state index in [1.165, 1.54) is 25.3 Å². The van der Waals surface area contributed by atoms with Crippen LogP contribution in [0, 0.1) is 6.92 Å². The third-order valence-electron chi connectivity index (χ3n) is 4.16. The van der Waals surface area contributed by atoms with Crippen molar-refractivity contribution in [2.24, 2.45) is 0 Å². The summed E-state index contributed by atoms with van der Waals surface area (Å²) in [4.78, 5) is 36.9. The molecule has 0 radical (unpaired) electrons. The largest absolute Gasteiger partial charge is 0.459 e. The molecular formula is C22H20N2O5. The van der Waals surface area contributed by atoms with Gasteiger partial charge in [0.05, 0.1) is 11.8 Å². The van der Waals surface area contributed by atoms with E-state index >= 15 is 0 Å². The minimum absolute atomic E-state index is 0.156. The molecule has 3 rings (SSSR count). The molecule has 2 N–H and O–H groups in total. The van der Waals surface area contributed by atoms with Crippen molar-refractivity contribution in [1.82, 2.24) is 0 Å². The van der Waals surface area contributed by atoms with Crippen molar-refractivity contribution in [2.45, 2.75) is 20.0 Å². The van der Waals surface area contributed by atoms with E-state index in [0.717, 1.165) is 5.56 Å². The molecule has 0 saturated heterocycles. The fraction of sp³-hybridized carbons (Fsp3) is 0.136. The van der Waals surface area contributed by atoms with Crippen molar-refractivity contribution in [3.8, 4) is 0 Å². The molecule has 0 aliphatic heterocycles. The highest BCUT2D eigenvalue weighted by Crippen LogP contribution is 2.19. The summed E-state index contributed by atoms with van der Waals surface area (Å²) < 4.78 is 10.3. The lowest BCUT2D eigenvalue weighted by atomic mass is 10.1. The Balaban J connectivity index is 1.65. The van der Waals surface area contributed by atoms with Crippen molar-refractivity contribution >= 4 is 29.2 Å². The van der Waals surface area contributed by atoms with Gasteiger partial charge < -0.3 is 19.8 Å². The van der Waals surface area contributed by atoms with Crippen LogP contribution in [0.5, 0.6) is 0 Å². The van der Waals surface area contributed by atoms with E-state index in [-0.39, 0.29) is 11.3 Å². The number of para-hydroxylation sites is 1. The second-order valence-corrected chi connectivity index (χ2v) is 6.36. The van der Waals surface area contributed by atoms with Gasteiger partial charge in [-0.2, -0.15) is 0 Å². The summed E-state index contributed by atoms with van der Waals surface area (Å²) in [6.45, 7) is 3.28. The maximum atomic E-state index is 12.5. The minimum Gasteiger partial charge on any atom is -0.459 e. The molecule has 0 aliphatic carbocycles. The van der Waals surface area contributed by atoms with Gasteiger partial charge in [-0.1, -0.05) is 24.3 Å². The van der Waals surface area contributed by atoms with Crippen LogP contribution < -0.4 is 10.6 Å². The van der Waals surface area contributed by atoms with Crippen LogP contribution in [0.1, 0.15) is 33.4 Å². The Morgan fingerprint density at radius 2 is 1.72 bits per heavy atom. The summed E-state index contributed by atoms with van der Waals surface area (Å²) in [5, 5.41) is 5.37. The number of benzene rings is 2. The van der Waals surface area contributed by atoms with Crippen LogP contribution >= 0.6 is 0 Å². The molecule has 0 saturated carbocycles. The first-order chi connectivity index (χ1) is 13.9. The molecule has 0 spiro atoms. The van der Waals surface area contributed by atoms with E-state index in [1.807, 2.05) is 6.07 Å². The molecule has 7 heteroatoms. The molecule has 0 bridgehead atoms. The zero-order chi connectivity index (χ0) is 20.8. The zero-order valence-electron chi connectivity index (χ0n) is 16.0. The Morgan fingerprint density at radius 3 is 2.41 bits per heavy atom. The lowest BCUT2D eigenvalue weighted by Gasteiger charge is -2.14. The summed E-state index contributed by atoms with van der Waals surface area (Å²) in [7, 11) is 0. The van der Waals surface area contributed by atoms with Gasteiger partial charge in [-0.15, -0.1) is 0 Å². The molecule has 1 unspecified atom stereocenters. The van der Waals surface area contributed by atoms with Crippen LogP contribution in [0.2, 0.25) is 0 Å². The van der Waals surface area contributed by atoms with Crippen LogP contribution in [0.3, 0.4) is 0 Å². The lowest BCUT2D eigenvalue weighted by molar-refractivity contribution is -0.123. The number of carbonyl (C=O) groups excluding carboxylic acids is 3. The smallest absolute Gasteiger partial charge is 0.338 e. The number of rotatable bonds is 6. The molecule has 3 aromatic rings. The quantitative estimate of drug-likeness (QED) is 0.618. The first kappa shape index (κ1) is 19.9. The van der Waals surface area contributed by atoms with E-state index in [1.54, 1.807) is 49.4 Å². The zero-order valence-corrected chi connectivity index (χ0v) is 16.0. The van der Waals surface area contributed by atoms with Gasteiger partial charge in [-0.05, 0) is 55.8 Å². The van der Waals surface area contributed by atoms with Crippen molar-refractivity contribution in [1.29, 1.82) is 0 Å². The van der Waals surface area contributed by atoms with Gasteiger partial charge in [0.25, 0.3) is 11.8 Å². The summed E-state index contributed by atoms with van der Waals surface area (Å²) in [6, 6.07) is 16.8. The number of hydrogen-bond donors (Lipinski definition) is 2. The maximum Gasteiger partial charge on any atom is 0.338 e. The third-order valence-corrected chi connectivity index (χ3v) is 4.16. The van der Waals surface area contributed by atoms with E-state index in [2.05, 4.69) is 10.6 Å².